The number of nitrogens with zero attached hydrogens (tertiary/aromatic N) is 1. The fraction of sp³-hybridized carbons (Fsp3) is 0.765. The number of rotatable bonds is 3. The van der Waals surface area contributed by atoms with Crippen molar-refractivity contribution in [3.05, 3.63) is 11.3 Å². The van der Waals surface area contributed by atoms with Crippen LogP contribution in [-0.2, 0) is 14.3 Å². The van der Waals surface area contributed by atoms with Gasteiger partial charge in [-0.2, -0.15) is 0 Å². The second-order valence-electron chi connectivity index (χ2n) is 7.02. The molecule has 0 spiro atoms. The van der Waals surface area contributed by atoms with E-state index in [0.29, 0.717) is 11.8 Å². The zero-order valence-corrected chi connectivity index (χ0v) is 13.5. The Balaban J connectivity index is 1.42. The second kappa shape index (κ2) is 6.24. The first-order valence-electron chi connectivity index (χ1n) is 8.71. The summed E-state index contributed by atoms with van der Waals surface area (Å²) in [6.45, 7) is 3.51. The molecule has 126 valence electrons. The molecule has 2 bridgehead atoms. The summed E-state index contributed by atoms with van der Waals surface area (Å²) in [5, 5.41) is 7.16. The third-order valence-electron chi connectivity index (χ3n) is 5.47. The molecule has 4 rings (SSSR count). The molecule has 6 nitrogen and oxygen atoms in total. The molecule has 3 saturated heterocycles. The van der Waals surface area contributed by atoms with Crippen LogP contribution in [0.5, 0.6) is 0 Å². The highest BCUT2D eigenvalue weighted by atomic mass is 16.5. The van der Waals surface area contributed by atoms with Crippen molar-refractivity contribution in [1.29, 1.82) is 0 Å². The van der Waals surface area contributed by atoms with E-state index < -0.39 is 0 Å². The Hall–Kier alpha value is -1.40. The maximum absolute atomic E-state index is 12.5. The van der Waals surface area contributed by atoms with Crippen LogP contribution < -0.4 is 5.32 Å². The summed E-state index contributed by atoms with van der Waals surface area (Å²) in [6.07, 6.45) is 6.27. The first-order valence-corrected chi connectivity index (χ1v) is 8.71. The molecule has 1 aromatic heterocycles. The smallest absolute Gasteiger partial charge is 0.234 e. The van der Waals surface area contributed by atoms with E-state index >= 15 is 0 Å². The van der Waals surface area contributed by atoms with Gasteiger partial charge < -0.3 is 14.0 Å². The molecule has 4 heterocycles. The quantitative estimate of drug-likeness (QED) is 0.927. The molecule has 1 unspecified atom stereocenters. The van der Waals surface area contributed by atoms with Crippen molar-refractivity contribution < 1.29 is 18.8 Å². The molecule has 23 heavy (non-hydrogen) atoms. The van der Waals surface area contributed by atoms with Crippen LogP contribution in [-0.4, -0.2) is 36.5 Å². The number of nitrogens with one attached hydrogen (secondary N) is 1. The van der Waals surface area contributed by atoms with Crippen molar-refractivity contribution in [2.75, 3.05) is 18.5 Å². The Morgan fingerprint density at radius 3 is 2.52 bits per heavy atom. The van der Waals surface area contributed by atoms with Crippen molar-refractivity contribution in [2.45, 2.75) is 63.6 Å². The zero-order chi connectivity index (χ0) is 15.8. The minimum Gasteiger partial charge on any atom is -0.381 e. The van der Waals surface area contributed by atoms with E-state index in [4.69, 9.17) is 14.0 Å². The molecule has 3 aliphatic rings. The molecule has 0 aliphatic carbocycles. The van der Waals surface area contributed by atoms with Crippen LogP contribution in [0.2, 0.25) is 0 Å². The highest BCUT2D eigenvalue weighted by molar-refractivity contribution is 5.92. The van der Waals surface area contributed by atoms with Gasteiger partial charge in [0.25, 0.3) is 0 Å². The third-order valence-corrected chi connectivity index (χ3v) is 5.47. The number of aromatic nitrogens is 1. The van der Waals surface area contributed by atoms with E-state index in [1.165, 1.54) is 0 Å². The van der Waals surface area contributed by atoms with Gasteiger partial charge in [0.2, 0.25) is 11.8 Å². The summed E-state index contributed by atoms with van der Waals surface area (Å²) in [5.74, 6) is 0.952. The maximum Gasteiger partial charge on any atom is 0.234 e. The van der Waals surface area contributed by atoms with Gasteiger partial charge in [-0.05, 0) is 45.4 Å². The predicted octanol–water partition coefficient (Wildman–Crippen LogP) is 2.77. The first-order chi connectivity index (χ1) is 11.2. The van der Waals surface area contributed by atoms with Gasteiger partial charge in [-0.25, -0.2) is 0 Å². The lowest BCUT2D eigenvalue weighted by molar-refractivity contribution is -0.125. The fourth-order valence-electron chi connectivity index (χ4n) is 4.10. The molecule has 3 fully saturated rings. The largest absolute Gasteiger partial charge is 0.381 e. The number of fused-ring (bicyclic) bond motifs is 2. The second-order valence-corrected chi connectivity index (χ2v) is 7.02. The minimum atomic E-state index is 0.0253. The Morgan fingerprint density at radius 2 is 1.83 bits per heavy atom. The van der Waals surface area contributed by atoms with E-state index in [-0.39, 0.29) is 24.0 Å². The Kier molecular flexibility index (Phi) is 4.11. The fourth-order valence-corrected chi connectivity index (χ4v) is 4.10. The van der Waals surface area contributed by atoms with Crippen molar-refractivity contribution >= 4 is 11.8 Å². The number of carbonyl (C=O) groups excluding carboxylic acids is 1. The topological polar surface area (TPSA) is 73.6 Å². The van der Waals surface area contributed by atoms with Crippen molar-refractivity contribution in [3.63, 3.8) is 0 Å². The van der Waals surface area contributed by atoms with Crippen molar-refractivity contribution in [1.82, 2.24) is 5.16 Å². The molecular weight excluding hydrogens is 296 g/mol. The third kappa shape index (κ3) is 3.02. The van der Waals surface area contributed by atoms with Gasteiger partial charge in [0.15, 0.2) is 0 Å². The number of hydrogen-bond donors (Lipinski definition) is 1. The number of amides is 1. The molecular formula is C17H24N2O4. The number of carbonyl (C=O) groups is 1. The van der Waals surface area contributed by atoms with Crippen LogP contribution >= 0.6 is 0 Å². The Labute approximate surface area is 135 Å². The van der Waals surface area contributed by atoms with Crippen molar-refractivity contribution in [2.24, 2.45) is 5.92 Å². The van der Waals surface area contributed by atoms with E-state index in [9.17, 15) is 4.79 Å². The van der Waals surface area contributed by atoms with E-state index in [0.717, 1.165) is 63.0 Å². The number of ether oxygens (including phenoxy) is 2. The molecule has 1 N–H and O–H groups in total. The summed E-state index contributed by atoms with van der Waals surface area (Å²) in [7, 11) is 0. The Bertz CT molecular complexity index is 567. The molecule has 0 aromatic carbocycles. The average Bonchev–Trinajstić information content (AvgIpc) is 3.10. The van der Waals surface area contributed by atoms with E-state index in [1.807, 2.05) is 6.92 Å². The minimum absolute atomic E-state index is 0.0253. The average molecular weight is 320 g/mol. The van der Waals surface area contributed by atoms with Crippen LogP contribution in [0.4, 0.5) is 5.88 Å². The number of anilines is 1. The van der Waals surface area contributed by atoms with Crippen LogP contribution in [0.15, 0.2) is 4.52 Å². The van der Waals surface area contributed by atoms with Crippen LogP contribution in [0.25, 0.3) is 0 Å². The lowest BCUT2D eigenvalue weighted by Crippen LogP contribution is -2.33. The molecule has 3 aliphatic heterocycles. The Morgan fingerprint density at radius 1 is 1.13 bits per heavy atom. The highest BCUT2D eigenvalue weighted by Gasteiger charge is 2.38. The molecule has 0 radical (unpaired) electrons. The van der Waals surface area contributed by atoms with Gasteiger partial charge in [-0.15, -0.1) is 0 Å². The highest BCUT2D eigenvalue weighted by Crippen LogP contribution is 2.37. The molecule has 6 heteroatoms. The molecule has 1 aromatic rings. The van der Waals surface area contributed by atoms with E-state index in [2.05, 4.69) is 10.5 Å². The van der Waals surface area contributed by atoms with Gasteiger partial charge in [-0.3, -0.25) is 10.1 Å². The molecule has 0 saturated carbocycles. The summed E-state index contributed by atoms with van der Waals surface area (Å²) < 4.78 is 16.6. The van der Waals surface area contributed by atoms with Gasteiger partial charge >= 0.3 is 0 Å². The lowest BCUT2D eigenvalue weighted by Gasteiger charge is -2.27. The van der Waals surface area contributed by atoms with E-state index in [1.54, 1.807) is 0 Å². The van der Waals surface area contributed by atoms with Gasteiger partial charge in [0.1, 0.15) is 0 Å². The van der Waals surface area contributed by atoms with Crippen LogP contribution in [0.3, 0.4) is 0 Å². The lowest BCUT2D eigenvalue weighted by atomic mass is 9.93. The first kappa shape index (κ1) is 15.1. The number of hydrogen-bond acceptors (Lipinski definition) is 5. The van der Waals surface area contributed by atoms with Crippen LogP contribution in [0.1, 0.15) is 55.7 Å². The molecule has 1 amide bonds. The van der Waals surface area contributed by atoms with Gasteiger partial charge in [0.05, 0.1) is 17.9 Å². The summed E-state index contributed by atoms with van der Waals surface area (Å²) in [6, 6.07) is 0. The van der Waals surface area contributed by atoms with Crippen LogP contribution in [0, 0.1) is 12.8 Å². The molecule has 3 atom stereocenters. The zero-order valence-electron chi connectivity index (χ0n) is 13.5. The van der Waals surface area contributed by atoms with Gasteiger partial charge in [-0.1, -0.05) is 5.16 Å². The SMILES string of the molecule is Cc1c(C2CCOCC2)noc1NC(=O)C1C[C@H]2CC[C@@H](C1)O2. The standard InChI is InChI=1S/C17H24N2O4/c1-10-15(11-4-6-21-7-5-11)19-23-17(10)18-16(20)12-8-13-2-3-14(9-12)22-13/h11-14H,2-9H2,1H3,(H,18,20)/t12?,13-,14+. The summed E-state index contributed by atoms with van der Waals surface area (Å²) in [5.41, 5.74) is 1.93. The maximum atomic E-state index is 12.5. The predicted molar refractivity (Wildman–Crippen MR) is 83.3 cm³/mol. The normalized spacial score (nSPS) is 31.3. The summed E-state index contributed by atoms with van der Waals surface area (Å²) >= 11 is 0. The summed E-state index contributed by atoms with van der Waals surface area (Å²) in [4.78, 5) is 12.5. The van der Waals surface area contributed by atoms with Gasteiger partial charge in [0, 0.05) is 30.6 Å². The monoisotopic (exact) mass is 320 g/mol. The van der Waals surface area contributed by atoms with Crippen molar-refractivity contribution in [3.8, 4) is 0 Å².